The first-order chi connectivity index (χ1) is 6.50. The van der Waals surface area contributed by atoms with Gasteiger partial charge in [0.2, 0.25) is 5.95 Å². The lowest BCUT2D eigenvalue weighted by Crippen LogP contribution is -2.18. The zero-order valence-electron chi connectivity index (χ0n) is 7.84. The molecule has 0 aliphatic heterocycles. The molecule has 1 atom stereocenters. The highest BCUT2D eigenvalue weighted by molar-refractivity contribution is 5.66. The third-order valence-electron chi connectivity index (χ3n) is 1.85. The number of carboxylic acid groups (broad SMARTS) is 1. The molecule has 78 valence electrons. The van der Waals surface area contributed by atoms with Crippen molar-refractivity contribution in [3.05, 3.63) is 5.82 Å². The predicted molar refractivity (Wildman–Crippen MR) is 49.7 cm³/mol. The van der Waals surface area contributed by atoms with Crippen molar-refractivity contribution < 1.29 is 9.90 Å². The summed E-state index contributed by atoms with van der Waals surface area (Å²) >= 11 is 0. The third-order valence-corrected chi connectivity index (χ3v) is 1.85. The predicted octanol–water partition coefficient (Wildman–Crippen LogP) is -0.773. The van der Waals surface area contributed by atoms with Gasteiger partial charge in [-0.3, -0.25) is 4.79 Å². The Morgan fingerprint density at radius 1 is 1.64 bits per heavy atom. The van der Waals surface area contributed by atoms with E-state index >= 15 is 0 Å². The average molecular weight is 199 g/mol. The summed E-state index contributed by atoms with van der Waals surface area (Å²) in [5.41, 5.74) is 5.37. The quantitative estimate of drug-likeness (QED) is 0.547. The fourth-order valence-corrected chi connectivity index (χ4v) is 1.16. The lowest BCUT2D eigenvalue weighted by Gasteiger charge is -2.06. The van der Waals surface area contributed by atoms with E-state index in [1.54, 1.807) is 6.92 Å². The Labute approximate surface area is 80.7 Å². The number of carboxylic acids is 1. The Balaban J connectivity index is 2.60. The van der Waals surface area contributed by atoms with E-state index in [1.165, 1.54) is 4.68 Å². The topological polar surface area (TPSA) is 120 Å². The summed E-state index contributed by atoms with van der Waals surface area (Å²) in [7, 11) is 0. The summed E-state index contributed by atoms with van der Waals surface area (Å²) < 4.78 is 1.17. The van der Waals surface area contributed by atoms with Crippen molar-refractivity contribution in [1.29, 1.82) is 0 Å². The molecule has 0 aromatic carbocycles. The molecule has 0 amide bonds. The van der Waals surface area contributed by atoms with Crippen LogP contribution in [0.15, 0.2) is 0 Å². The van der Waals surface area contributed by atoms with Crippen molar-refractivity contribution in [2.24, 2.45) is 5.92 Å². The Morgan fingerprint density at radius 3 is 2.71 bits per heavy atom. The number of aromatic nitrogens is 3. The maximum atomic E-state index is 10.4. The zero-order valence-corrected chi connectivity index (χ0v) is 7.84. The Hall–Kier alpha value is -1.79. The van der Waals surface area contributed by atoms with E-state index in [2.05, 4.69) is 10.2 Å². The van der Waals surface area contributed by atoms with Crippen LogP contribution in [0.4, 0.5) is 5.95 Å². The van der Waals surface area contributed by atoms with Gasteiger partial charge in [0.05, 0.1) is 0 Å². The molecule has 5 N–H and O–H groups in total. The summed E-state index contributed by atoms with van der Waals surface area (Å²) in [6, 6.07) is 0. The van der Waals surface area contributed by atoms with Crippen LogP contribution in [0.3, 0.4) is 0 Å². The number of hydrogen-bond donors (Lipinski definition) is 3. The Bertz CT molecular complexity index is 335. The third kappa shape index (κ3) is 2.35. The summed E-state index contributed by atoms with van der Waals surface area (Å²) in [5.74, 6) is 5.24. The van der Waals surface area contributed by atoms with Crippen molar-refractivity contribution in [3.8, 4) is 0 Å². The monoisotopic (exact) mass is 199 g/mol. The van der Waals surface area contributed by atoms with Crippen LogP contribution in [0, 0.1) is 5.92 Å². The number of hydrogen-bond acceptors (Lipinski definition) is 5. The largest absolute Gasteiger partial charge is 0.481 e. The highest BCUT2D eigenvalue weighted by atomic mass is 16.4. The Morgan fingerprint density at radius 2 is 2.29 bits per heavy atom. The van der Waals surface area contributed by atoms with Crippen LogP contribution in [0.25, 0.3) is 0 Å². The smallest absolute Gasteiger partial charge is 0.303 e. The number of carbonyl (C=O) groups is 1. The zero-order chi connectivity index (χ0) is 10.7. The summed E-state index contributed by atoms with van der Waals surface area (Å²) in [6.07, 6.45) is 0.528. The van der Waals surface area contributed by atoms with Crippen LogP contribution < -0.4 is 11.6 Å². The molecular weight excluding hydrogens is 186 g/mol. The first kappa shape index (κ1) is 10.3. The van der Waals surface area contributed by atoms with E-state index in [4.69, 9.17) is 16.7 Å². The van der Waals surface area contributed by atoms with Gasteiger partial charge in [-0.15, -0.1) is 10.2 Å². The van der Waals surface area contributed by atoms with E-state index < -0.39 is 5.97 Å². The van der Waals surface area contributed by atoms with Crippen LogP contribution in [0.2, 0.25) is 0 Å². The van der Waals surface area contributed by atoms with Gasteiger partial charge in [-0.1, -0.05) is 6.92 Å². The van der Waals surface area contributed by atoms with Crippen LogP contribution in [-0.2, 0) is 11.2 Å². The molecule has 7 heteroatoms. The standard InChI is InChI=1S/C7H13N5O2/c1-4(3-6(13)14)2-5-10-11-7(8)12(5)9/h4H,2-3,9H2,1H3,(H2,8,11)(H,13,14). The molecular formula is C7H13N5O2. The minimum Gasteiger partial charge on any atom is -0.481 e. The van der Waals surface area contributed by atoms with Gasteiger partial charge >= 0.3 is 5.97 Å². The van der Waals surface area contributed by atoms with Gasteiger partial charge in [-0.25, -0.2) is 4.68 Å². The van der Waals surface area contributed by atoms with Gasteiger partial charge in [0.25, 0.3) is 0 Å². The first-order valence-corrected chi connectivity index (χ1v) is 4.17. The summed E-state index contributed by atoms with van der Waals surface area (Å²) in [4.78, 5) is 10.4. The normalized spacial score (nSPS) is 12.6. The molecule has 0 bridgehead atoms. The van der Waals surface area contributed by atoms with Gasteiger partial charge < -0.3 is 16.7 Å². The minimum atomic E-state index is -0.839. The van der Waals surface area contributed by atoms with Crippen molar-refractivity contribution in [3.63, 3.8) is 0 Å². The van der Waals surface area contributed by atoms with E-state index in [1.807, 2.05) is 0 Å². The number of nitrogens with zero attached hydrogens (tertiary/aromatic N) is 3. The van der Waals surface area contributed by atoms with Crippen LogP contribution >= 0.6 is 0 Å². The number of anilines is 1. The molecule has 7 nitrogen and oxygen atoms in total. The van der Waals surface area contributed by atoms with E-state index in [0.717, 1.165) is 0 Å². The second kappa shape index (κ2) is 3.95. The summed E-state index contributed by atoms with van der Waals surface area (Å²) in [5, 5.41) is 15.8. The lowest BCUT2D eigenvalue weighted by atomic mass is 10.0. The van der Waals surface area contributed by atoms with Gasteiger partial charge in [0.15, 0.2) is 5.82 Å². The molecule has 0 radical (unpaired) electrons. The highest BCUT2D eigenvalue weighted by Gasteiger charge is 2.13. The second-order valence-corrected chi connectivity index (χ2v) is 3.25. The summed E-state index contributed by atoms with van der Waals surface area (Å²) in [6.45, 7) is 1.80. The maximum Gasteiger partial charge on any atom is 0.303 e. The molecule has 1 heterocycles. The lowest BCUT2D eigenvalue weighted by molar-refractivity contribution is -0.137. The molecule has 0 saturated heterocycles. The number of nitrogen functional groups attached to an aromatic ring is 2. The van der Waals surface area contributed by atoms with Crippen molar-refractivity contribution in [2.75, 3.05) is 11.6 Å². The molecule has 0 fully saturated rings. The first-order valence-electron chi connectivity index (χ1n) is 4.17. The highest BCUT2D eigenvalue weighted by Crippen LogP contribution is 2.10. The molecule has 0 aliphatic carbocycles. The molecule has 1 unspecified atom stereocenters. The van der Waals surface area contributed by atoms with E-state index in [-0.39, 0.29) is 18.3 Å². The minimum absolute atomic E-state index is 0.0431. The number of nitrogens with two attached hydrogens (primary N) is 2. The molecule has 0 saturated carbocycles. The van der Waals surface area contributed by atoms with E-state index in [0.29, 0.717) is 12.2 Å². The average Bonchev–Trinajstić information content (AvgIpc) is 2.34. The number of aliphatic carboxylic acids is 1. The van der Waals surface area contributed by atoms with Gasteiger partial charge in [0.1, 0.15) is 0 Å². The Kier molecular flexibility index (Phi) is 2.90. The van der Waals surface area contributed by atoms with Crippen LogP contribution in [0.5, 0.6) is 0 Å². The molecule has 1 rings (SSSR count). The maximum absolute atomic E-state index is 10.4. The van der Waals surface area contributed by atoms with Crippen LogP contribution in [-0.4, -0.2) is 25.9 Å². The van der Waals surface area contributed by atoms with E-state index in [9.17, 15) is 4.79 Å². The second-order valence-electron chi connectivity index (χ2n) is 3.25. The number of rotatable bonds is 4. The SMILES string of the molecule is CC(CC(=O)O)Cc1nnc(N)n1N. The van der Waals surface area contributed by atoms with Gasteiger partial charge in [-0.05, 0) is 5.92 Å². The molecule has 0 spiro atoms. The van der Waals surface area contributed by atoms with Crippen molar-refractivity contribution in [1.82, 2.24) is 14.9 Å². The van der Waals surface area contributed by atoms with Crippen molar-refractivity contribution in [2.45, 2.75) is 19.8 Å². The molecule has 1 aromatic rings. The van der Waals surface area contributed by atoms with Crippen molar-refractivity contribution >= 4 is 11.9 Å². The van der Waals surface area contributed by atoms with Gasteiger partial charge in [-0.2, -0.15) is 0 Å². The molecule has 1 aromatic heterocycles. The molecule has 0 aliphatic rings. The fourth-order valence-electron chi connectivity index (χ4n) is 1.16. The molecule has 14 heavy (non-hydrogen) atoms. The van der Waals surface area contributed by atoms with Crippen LogP contribution in [0.1, 0.15) is 19.2 Å². The van der Waals surface area contributed by atoms with Gasteiger partial charge in [0, 0.05) is 12.8 Å². The fraction of sp³-hybridized carbons (Fsp3) is 0.571.